The predicted octanol–water partition coefficient (Wildman–Crippen LogP) is 2.15. The lowest BCUT2D eigenvalue weighted by Crippen LogP contribution is -2.40. The standard InChI is InChI=1S/C16H19N3O3/c17-9-4-7-14(12-5-2-1-3-6-12)18-16(22)19-10-8-13(11-19)15(20)21/h1-3,5-6,13-14H,4,7-8,10-11H2,(H,18,22)(H,20,21). The molecule has 2 atom stereocenters. The van der Waals surface area contributed by atoms with E-state index < -0.39 is 11.9 Å². The number of carboxylic acids is 1. The average molecular weight is 301 g/mol. The first kappa shape index (κ1) is 15.8. The molecule has 1 aliphatic rings. The molecule has 0 aromatic heterocycles. The topological polar surface area (TPSA) is 93.4 Å². The smallest absolute Gasteiger partial charge is 0.317 e. The third-order valence-corrected chi connectivity index (χ3v) is 3.87. The SMILES string of the molecule is N#CCCC(NC(=O)N1CCC(C(=O)O)C1)c1ccccc1. The highest BCUT2D eigenvalue weighted by Gasteiger charge is 2.31. The molecule has 2 unspecified atom stereocenters. The lowest BCUT2D eigenvalue weighted by molar-refractivity contribution is -0.141. The van der Waals surface area contributed by atoms with Crippen molar-refractivity contribution in [1.29, 1.82) is 5.26 Å². The number of urea groups is 1. The van der Waals surface area contributed by atoms with E-state index in [1.165, 1.54) is 4.90 Å². The molecule has 0 spiro atoms. The lowest BCUT2D eigenvalue weighted by Gasteiger charge is -2.23. The largest absolute Gasteiger partial charge is 0.481 e. The van der Waals surface area contributed by atoms with Gasteiger partial charge in [-0.05, 0) is 18.4 Å². The fourth-order valence-electron chi connectivity index (χ4n) is 2.60. The number of likely N-dealkylation sites (tertiary alicyclic amines) is 1. The maximum absolute atomic E-state index is 12.3. The summed E-state index contributed by atoms with van der Waals surface area (Å²) >= 11 is 0. The number of hydrogen-bond donors (Lipinski definition) is 2. The highest BCUT2D eigenvalue weighted by molar-refractivity contribution is 5.77. The molecule has 1 fully saturated rings. The summed E-state index contributed by atoms with van der Waals surface area (Å²) in [5.74, 6) is -1.35. The van der Waals surface area contributed by atoms with Crippen LogP contribution in [0.4, 0.5) is 4.79 Å². The van der Waals surface area contributed by atoms with Gasteiger partial charge in [-0.2, -0.15) is 5.26 Å². The Hall–Kier alpha value is -2.55. The number of rotatable bonds is 5. The van der Waals surface area contributed by atoms with Crippen LogP contribution in [0.3, 0.4) is 0 Å². The number of carboxylic acid groups (broad SMARTS) is 1. The first-order chi connectivity index (χ1) is 10.6. The van der Waals surface area contributed by atoms with E-state index in [0.29, 0.717) is 25.8 Å². The van der Waals surface area contributed by atoms with Crippen LogP contribution in [-0.4, -0.2) is 35.1 Å². The first-order valence-electron chi connectivity index (χ1n) is 7.32. The summed E-state index contributed by atoms with van der Waals surface area (Å²) in [6.45, 7) is 0.684. The quantitative estimate of drug-likeness (QED) is 0.871. The molecule has 1 aliphatic heterocycles. The second-order valence-corrected chi connectivity index (χ2v) is 5.38. The Labute approximate surface area is 129 Å². The number of hydrogen-bond acceptors (Lipinski definition) is 3. The molecule has 0 aliphatic carbocycles. The van der Waals surface area contributed by atoms with E-state index >= 15 is 0 Å². The number of amides is 2. The number of nitrogens with zero attached hydrogens (tertiary/aromatic N) is 2. The zero-order valence-corrected chi connectivity index (χ0v) is 12.2. The van der Waals surface area contributed by atoms with Crippen LogP contribution < -0.4 is 5.32 Å². The Morgan fingerprint density at radius 3 is 2.73 bits per heavy atom. The Kier molecular flexibility index (Phi) is 5.37. The lowest BCUT2D eigenvalue weighted by atomic mass is 10.0. The molecule has 22 heavy (non-hydrogen) atoms. The molecule has 0 bridgehead atoms. The first-order valence-corrected chi connectivity index (χ1v) is 7.32. The van der Waals surface area contributed by atoms with E-state index in [4.69, 9.17) is 10.4 Å². The van der Waals surface area contributed by atoms with Crippen molar-refractivity contribution in [3.8, 4) is 6.07 Å². The highest BCUT2D eigenvalue weighted by Crippen LogP contribution is 2.21. The average Bonchev–Trinajstić information content (AvgIpc) is 3.02. The molecule has 6 heteroatoms. The van der Waals surface area contributed by atoms with Gasteiger partial charge in [-0.3, -0.25) is 4.79 Å². The Morgan fingerprint density at radius 1 is 1.41 bits per heavy atom. The molecular weight excluding hydrogens is 282 g/mol. The van der Waals surface area contributed by atoms with Gasteiger partial charge in [0.05, 0.1) is 18.0 Å². The summed E-state index contributed by atoms with van der Waals surface area (Å²) in [7, 11) is 0. The van der Waals surface area contributed by atoms with E-state index in [1.54, 1.807) is 0 Å². The Balaban J connectivity index is 2.00. The number of nitrogens with one attached hydrogen (secondary N) is 1. The summed E-state index contributed by atoms with van der Waals surface area (Å²) < 4.78 is 0. The van der Waals surface area contributed by atoms with E-state index in [2.05, 4.69) is 11.4 Å². The maximum Gasteiger partial charge on any atom is 0.317 e. The van der Waals surface area contributed by atoms with E-state index in [9.17, 15) is 9.59 Å². The van der Waals surface area contributed by atoms with E-state index in [1.807, 2.05) is 30.3 Å². The van der Waals surface area contributed by atoms with Crippen LogP contribution in [0.25, 0.3) is 0 Å². The third kappa shape index (κ3) is 3.98. The van der Waals surface area contributed by atoms with Crippen LogP contribution in [0.1, 0.15) is 30.9 Å². The van der Waals surface area contributed by atoms with Crippen LogP contribution >= 0.6 is 0 Å². The summed E-state index contributed by atoms with van der Waals surface area (Å²) in [5, 5.41) is 20.7. The van der Waals surface area contributed by atoms with E-state index in [-0.39, 0.29) is 18.6 Å². The van der Waals surface area contributed by atoms with Crippen molar-refractivity contribution in [3.63, 3.8) is 0 Å². The van der Waals surface area contributed by atoms with Gasteiger partial charge in [-0.15, -0.1) is 0 Å². The molecule has 1 aromatic rings. The zero-order valence-electron chi connectivity index (χ0n) is 12.2. The second-order valence-electron chi connectivity index (χ2n) is 5.38. The van der Waals surface area contributed by atoms with Crippen LogP contribution in [0.2, 0.25) is 0 Å². The van der Waals surface area contributed by atoms with Crippen molar-refractivity contribution >= 4 is 12.0 Å². The fourth-order valence-corrected chi connectivity index (χ4v) is 2.60. The minimum absolute atomic E-state index is 0.237. The molecule has 116 valence electrons. The van der Waals surface area contributed by atoms with Crippen molar-refractivity contribution in [2.24, 2.45) is 5.92 Å². The summed E-state index contributed by atoms with van der Waals surface area (Å²) in [6, 6.07) is 11.1. The molecule has 1 saturated heterocycles. The molecule has 2 N–H and O–H groups in total. The molecular formula is C16H19N3O3. The minimum Gasteiger partial charge on any atom is -0.481 e. The predicted molar refractivity (Wildman–Crippen MR) is 79.9 cm³/mol. The Bertz CT molecular complexity index is 568. The fraction of sp³-hybridized carbons (Fsp3) is 0.438. The second kappa shape index (κ2) is 7.46. The highest BCUT2D eigenvalue weighted by atomic mass is 16.4. The van der Waals surface area contributed by atoms with Gasteiger partial charge in [0.1, 0.15) is 0 Å². The summed E-state index contributed by atoms with van der Waals surface area (Å²) in [6.07, 6.45) is 1.36. The van der Waals surface area contributed by atoms with Crippen molar-refractivity contribution in [2.75, 3.05) is 13.1 Å². The number of carbonyl (C=O) groups excluding carboxylic acids is 1. The maximum atomic E-state index is 12.3. The van der Waals surface area contributed by atoms with Crippen molar-refractivity contribution in [1.82, 2.24) is 10.2 Å². The van der Waals surface area contributed by atoms with Gasteiger partial charge in [0.25, 0.3) is 0 Å². The summed E-state index contributed by atoms with van der Waals surface area (Å²) in [4.78, 5) is 24.8. The van der Waals surface area contributed by atoms with Crippen LogP contribution in [0.15, 0.2) is 30.3 Å². The van der Waals surface area contributed by atoms with Crippen LogP contribution in [-0.2, 0) is 4.79 Å². The van der Waals surface area contributed by atoms with Crippen LogP contribution in [0, 0.1) is 17.2 Å². The third-order valence-electron chi connectivity index (χ3n) is 3.87. The van der Waals surface area contributed by atoms with Gasteiger partial charge in [0, 0.05) is 19.5 Å². The molecule has 0 radical (unpaired) electrons. The van der Waals surface area contributed by atoms with Gasteiger partial charge in [0.2, 0.25) is 0 Å². The number of benzene rings is 1. The molecule has 0 saturated carbocycles. The van der Waals surface area contributed by atoms with Gasteiger partial charge in [-0.25, -0.2) is 4.79 Å². The Morgan fingerprint density at radius 2 is 2.14 bits per heavy atom. The van der Waals surface area contributed by atoms with Gasteiger partial charge in [0.15, 0.2) is 0 Å². The van der Waals surface area contributed by atoms with Gasteiger partial charge in [-0.1, -0.05) is 30.3 Å². The molecule has 1 heterocycles. The minimum atomic E-state index is -0.862. The van der Waals surface area contributed by atoms with Gasteiger partial charge < -0.3 is 15.3 Å². The van der Waals surface area contributed by atoms with Crippen LogP contribution in [0.5, 0.6) is 0 Å². The van der Waals surface area contributed by atoms with E-state index in [0.717, 1.165) is 5.56 Å². The zero-order chi connectivity index (χ0) is 15.9. The van der Waals surface area contributed by atoms with Crippen molar-refractivity contribution in [2.45, 2.75) is 25.3 Å². The monoisotopic (exact) mass is 301 g/mol. The van der Waals surface area contributed by atoms with Crippen molar-refractivity contribution in [3.05, 3.63) is 35.9 Å². The molecule has 1 aromatic carbocycles. The number of aliphatic carboxylic acids is 1. The molecule has 6 nitrogen and oxygen atoms in total. The normalized spacial score (nSPS) is 18.5. The number of nitriles is 1. The summed E-state index contributed by atoms with van der Waals surface area (Å²) in [5.41, 5.74) is 0.945. The number of carbonyl (C=O) groups is 2. The van der Waals surface area contributed by atoms with Gasteiger partial charge >= 0.3 is 12.0 Å². The molecule has 2 rings (SSSR count). The molecule has 2 amide bonds. The van der Waals surface area contributed by atoms with Crippen molar-refractivity contribution < 1.29 is 14.7 Å².